The van der Waals surface area contributed by atoms with Gasteiger partial charge in [0.2, 0.25) is 17.4 Å². The summed E-state index contributed by atoms with van der Waals surface area (Å²) in [5.41, 5.74) is 1.58. The number of hydrogen-bond donors (Lipinski definition) is 3. The van der Waals surface area contributed by atoms with Crippen LogP contribution in [0.15, 0.2) is 42.6 Å². The van der Waals surface area contributed by atoms with Crippen molar-refractivity contribution in [2.24, 2.45) is 11.3 Å². The molecule has 0 aliphatic heterocycles. The SMILES string of the molecule is COc1cc(CCCC(CC(=O)OC(C)(C)O)C(=O)N[C@H](C(=O)c2c[nH]c3ccccc23)C(C)(C)C)cc(OC)c1OC. The summed E-state index contributed by atoms with van der Waals surface area (Å²) in [6, 6.07) is 10.3. The van der Waals surface area contributed by atoms with Gasteiger partial charge in [0.05, 0.1) is 33.8 Å². The number of benzene rings is 2. The molecule has 2 aromatic carbocycles. The number of H-pyrrole nitrogens is 1. The van der Waals surface area contributed by atoms with E-state index in [1.165, 1.54) is 21.0 Å². The highest BCUT2D eigenvalue weighted by Crippen LogP contribution is 2.38. The summed E-state index contributed by atoms with van der Waals surface area (Å²) in [4.78, 5) is 43.4. The number of para-hydroxylation sites is 1. The summed E-state index contributed by atoms with van der Waals surface area (Å²) in [6.07, 6.45) is 2.80. The zero-order valence-corrected chi connectivity index (χ0v) is 26.3. The van der Waals surface area contributed by atoms with Crippen molar-refractivity contribution < 1.29 is 38.4 Å². The summed E-state index contributed by atoms with van der Waals surface area (Å²) in [5, 5.41) is 13.7. The largest absolute Gasteiger partial charge is 0.493 e. The molecule has 3 N–H and O–H groups in total. The molecule has 1 aromatic heterocycles. The van der Waals surface area contributed by atoms with E-state index in [0.29, 0.717) is 42.1 Å². The number of Topliss-reactive ketones (excluding diaryl/α,β-unsaturated/α-hetero) is 1. The monoisotopic (exact) mass is 596 g/mol. The van der Waals surface area contributed by atoms with Gasteiger partial charge in [0, 0.05) is 42.4 Å². The highest BCUT2D eigenvalue weighted by molar-refractivity contribution is 6.11. The van der Waals surface area contributed by atoms with Gasteiger partial charge in [-0.2, -0.15) is 0 Å². The molecule has 0 radical (unpaired) electrons. The second kappa shape index (κ2) is 13.9. The molecule has 1 amide bonds. The minimum Gasteiger partial charge on any atom is -0.493 e. The van der Waals surface area contributed by atoms with Crippen LogP contribution in [0.4, 0.5) is 0 Å². The number of aryl methyl sites for hydroxylation is 1. The van der Waals surface area contributed by atoms with Crippen molar-refractivity contribution in [3.05, 3.63) is 53.7 Å². The van der Waals surface area contributed by atoms with Gasteiger partial charge in [0.15, 0.2) is 17.3 Å². The van der Waals surface area contributed by atoms with Gasteiger partial charge < -0.3 is 34.4 Å². The van der Waals surface area contributed by atoms with E-state index >= 15 is 0 Å². The molecule has 1 heterocycles. The molecule has 2 atom stereocenters. The maximum atomic E-state index is 13.8. The molecule has 3 rings (SSSR count). The fourth-order valence-corrected chi connectivity index (χ4v) is 5.05. The second-order valence-corrected chi connectivity index (χ2v) is 12.2. The number of methoxy groups -OCH3 is 3. The average molecular weight is 597 g/mol. The Balaban J connectivity index is 1.83. The third-order valence-corrected chi connectivity index (χ3v) is 7.16. The standard InChI is InChI=1S/C33H44N2O8/c1-32(2,3)30(28(37)23-19-34-24-15-10-9-14-22(23)24)35-31(38)21(18-27(36)43-33(4,5)39)13-11-12-20-16-25(40-6)29(42-8)26(17-20)41-7/h9-10,14-17,19,21,30,34,39H,11-13,18H2,1-8H3,(H,35,38)/t21?,30-/m1/s1. The summed E-state index contributed by atoms with van der Waals surface area (Å²) in [6.45, 7) is 8.34. The zero-order chi connectivity index (χ0) is 31.9. The summed E-state index contributed by atoms with van der Waals surface area (Å²) in [5.74, 6) is -2.36. The Morgan fingerprint density at radius 1 is 0.953 bits per heavy atom. The molecule has 0 saturated heterocycles. The smallest absolute Gasteiger partial charge is 0.309 e. The number of esters is 1. The first-order valence-corrected chi connectivity index (χ1v) is 14.3. The third-order valence-electron chi connectivity index (χ3n) is 7.16. The lowest BCUT2D eigenvalue weighted by Crippen LogP contribution is -2.51. The molecule has 0 bridgehead atoms. The van der Waals surface area contributed by atoms with Gasteiger partial charge in [-0.05, 0) is 48.4 Å². The van der Waals surface area contributed by atoms with Crippen LogP contribution in [0.2, 0.25) is 0 Å². The van der Waals surface area contributed by atoms with Gasteiger partial charge in [-0.25, -0.2) is 0 Å². The molecule has 0 aliphatic carbocycles. The quantitative estimate of drug-likeness (QED) is 0.131. The Bertz CT molecular complexity index is 1410. The van der Waals surface area contributed by atoms with Crippen molar-refractivity contribution in [1.29, 1.82) is 0 Å². The fourth-order valence-electron chi connectivity index (χ4n) is 5.05. The van der Waals surface area contributed by atoms with Gasteiger partial charge in [-0.3, -0.25) is 14.4 Å². The molecule has 10 nitrogen and oxygen atoms in total. The summed E-state index contributed by atoms with van der Waals surface area (Å²) < 4.78 is 21.4. The van der Waals surface area contributed by atoms with Gasteiger partial charge >= 0.3 is 5.97 Å². The first kappa shape index (κ1) is 33.5. The number of ketones is 1. The highest BCUT2D eigenvalue weighted by Gasteiger charge is 2.36. The van der Waals surface area contributed by atoms with Crippen molar-refractivity contribution >= 4 is 28.6 Å². The molecule has 1 unspecified atom stereocenters. The Morgan fingerprint density at radius 2 is 1.58 bits per heavy atom. The average Bonchev–Trinajstić information content (AvgIpc) is 3.37. The lowest BCUT2D eigenvalue weighted by Gasteiger charge is -2.31. The molecule has 234 valence electrons. The maximum absolute atomic E-state index is 13.8. The van der Waals surface area contributed by atoms with Gasteiger partial charge in [-0.1, -0.05) is 39.0 Å². The van der Waals surface area contributed by atoms with Gasteiger partial charge in [0.1, 0.15) is 0 Å². The number of aromatic amines is 1. The lowest BCUT2D eigenvalue weighted by atomic mass is 9.81. The lowest BCUT2D eigenvalue weighted by molar-refractivity contribution is -0.196. The maximum Gasteiger partial charge on any atom is 0.309 e. The normalized spacial score (nSPS) is 13.2. The van der Waals surface area contributed by atoms with E-state index in [4.69, 9.17) is 18.9 Å². The third kappa shape index (κ3) is 8.73. The number of aromatic nitrogens is 1. The van der Waals surface area contributed by atoms with E-state index in [2.05, 4.69) is 10.3 Å². The fraction of sp³-hybridized carbons (Fsp3) is 0.485. The van der Waals surface area contributed by atoms with Crippen LogP contribution in [0, 0.1) is 11.3 Å². The summed E-state index contributed by atoms with van der Waals surface area (Å²) in [7, 11) is 4.61. The number of hydrogen-bond acceptors (Lipinski definition) is 8. The number of nitrogens with one attached hydrogen (secondary N) is 2. The minimum absolute atomic E-state index is 0.228. The van der Waals surface area contributed by atoms with E-state index in [0.717, 1.165) is 16.5 Å². The van der Waals surface area contributed by atoms with E-state index in [-0.39, 0.29) is 12.2 Å². The van der Waals surface area contributed by atoms with E-state index in [1.54, 1.807) is 20.4 Å². The number of aliphatic hydroxyl groups is 1. The van der Waals surface area contributed by atoms with Crippen LogP contribution in [0.3, 0.4) is 0 Å². The highest BCUT2D eigenvalue weighted by atomic mass is 16.7. The van der Waals surface area contributed by atoms with Crippen molar-refractivity contribution in [1.82, 2.24) is 10.3 Å². The van der Waals surface area contributed by atoms with Gasteiger partial charge in [0.25, 0.3) is 0 Å². The van der Waals surface area contributed by atoms with Crippen molar-refractivity contribution in [3.8, 4) is 17.2 Å². The zero-order valence-electron chi connectivity index (χ0n) is 26.3. The van der Waals surface area contributed by atoms with Crippen LogP contribution >= 0.6 is 0 Å². The Morgan fingerprint density at radius 3 is 2.14 bits per heavy atom. The van der Waals surface area contributed by atoms with Crippen LogP contribution in [-0.4, -0.2) is 60.9 Å². The van der Waals surface area contributed by atoms with Gasteiger partial charge in [-0.15, -0.1) is 0 Å². The first-order valence-electron chi connectivity index (χ1n) is 14.3. The first-order chi connectivity index (χ1) is 20.2. The number of rotatable bonds is 14. The molecule has 0 spiro atoms. The van der Waals surface area contributed by atoms with E-state index < -0.39 is 35.0 Å². The molecule has 3 aromatic rings. The molecule has 0 aliphatic rings. The summed E-state index contributed by atoms with van der Waals surface area (Å²) >= 11 is 0. The molecule has 10 heteroatoms. The Labute approximate surface area is 253 Å². The van der Waals surface area contributed by atoms with E-state index in [9.17, 15) is 19.5 Å². The second-order valence-electron chi connectivity index (χ2n) is 12.2. The van der Waals surface area contributed by atoms with Crippen LogP contribution < -0.4 is 19.5 Å². The van der Waals surface area contributed by atoms with Crippen molar-refractivity contribution in [2.45, 2.75) is 72.1 Å². The number of amides is 1. The Kier molecular flexibility index (Phi) is 10.9. The number of fused-ring (bicyclic) bond motifs is 1. The number of ether oxygens (including phenoxy) is 4. The Hall–Kier alpha value is -4.05. The predicted octanol–water partition coefficient (Wildman–Crippen LogP) is 5.21. The van der Waals surface area contributed by atoms with Crippen LogP contribution in [0.1, 0.15) is 69.8 Å². The number of carbonyl (C=O) groups excluding carboxylic acids is 3. The number of carbonyl (C=O) groups is 3. The van der Waals surface area contributed by atoms with E-state index in [1.807, 2.05) is 57.2 Å². The van der Waals surface area contributed by atoms with Crippen molar-refractivity contribution in [3.63, 3.8) is 0 Å². The van der Waals surface area contributed by atoms with Crippen molar-refractivity contribution in [2.75, 3.05) is 21.3 Å². The molecule has 0 saturated carbocycles. The van der Waals surface area contributed by atoms with Crippen LogP contribution in [-0.2, 0) is 20.7 Å². The molecular formula is C33H44N2O8. The molecule has 43 heavy (non-hydrogen) atoms. The molecule has 0 fully saturated rings. The van der Waals surface area contributed by atoms with Crippen LogP contribution in [0.5, 0.6) is 17.2 Å². The predicted molar refractivity (Wildman–Crippen MR) is 164 cm³/mol. The molecular weight excluding hydrogens is 552 g/mol. The topological polar surface area (TPSA) is 136 Å². The van der Waals surface area contributed by atoms with Crippen LogP contribution in [0.25, 0.3) is 10.9 Å². The minimum atomic E-state index is -1.69.